The summed E-state index contributed by atoms with van der Waals surface area (Å²) in [5, 5.41) is 3.92. The van der Waals surface area contributed by atoms with Crippen molar-refractivity contribution in [2.75, 3.05) is 0 Å². The van der Waals surface area contributed by atoms with Crippen molar-refractivity contribution in [3.63, 3.8) is 0 Å². The van der Waals surface area contributed by atoms with Gasteiger partial charge in [-0.2, -0.15) is 0 Å². The molecule has 1 aliphatic carbocycles. The first-order valence-electron chi connectivity index (χ1n) is 6.94. The fourth-order valence-corrected chi connectivity index (χ4v) is 3.47. The smallest absolute Gasteiger partial charge is 0.263 e. The summed E-state index contributed by atoms with van der Waals surface area (Å²) in [5.41, 5.74) is 1.60. The van der Waals surface area contributed by atoms with Gasteiger partial charge in [-0.3, -0.25) is 9.78 Å². The summed E-state index contributed by atoms with van der Waals surface area (Å²) in [4.78, 5) is 21.8. The third-order valence-corrected chi connectivity index (χ3v) is 4.76. The quantitative estimate of drug-likeness (QED) is 0.943. The molecule has 0 saturated heterocycles. The number of nitrogens with one attached hydrogen (secondary N) is 1. The lowest BCUT2D eigenvalue weighted by atomic mass is 10.2. The van der Waals surface area contributed by atoms with Crippen LogP contribution in [0.5, 0.6) is 0 Å². The lowest BCUT2D eigenvalue weighted by Gasteiger charge is -2.10. The van der Waals surface area contributed by atoms with Crippen molar-refractivity contribution in [3.8, 4) is 10.7 Å². The Morgan fingerprint density at radius 3 is 2.85 bits per heavy atom. The molecule has 20 heavy (non-hydrogen) atoms. The van der Waals surface area contributed by atoms with E-state index in [0.29, 0.717) is 10.9 Å². The second-order valence-electron chi connectivity index (χ2n) is 5.10. The van der Waals surface area contributed by atoms with Gasteiger partial charge in [0.1, 0.15) is 9.88 Å². The highest BCUT2D eigenvalue weighted by molar-refractivity contribution is 7.17. The van der Waals surface area contributed by atoms with Gasteiger partial charge < -0.3 is 5.32 Å². The van der Waals surface area contributed by atoms with Crippen molar-refractivity contribution in [2.24, 2.45) is 0 Å². The molecule has 2 aromatic heterocycles. The number of hydrogen-bond acceptors (Lipinski definition) is 4. The van der Waals surface area contributed by atoms with Crippen LogP contribution in [-0.2, 0) is 0 Å². The first-order valence-corrected chi connectivity index (χ1v) is 7.75. The minimum absolute atomic E-state index is 0.00841. The minimum atomic E-state index is 0.00841. The van der Waals surface area contributed by atoms with Crippen LogP contribution in [0.15, 0.2) is 24.4 Å². The molecule has 0 bridgehead atoms. The van der Waals surface area contributed by atoms with E-state index in [1.54, 1.807) is 6.20 Å². The molecule has 104 valence electrons. The topological polar surface area (TPSA) is 54.9 Å². The van der Waals surface area contributed by atoms with Gasteiger partial charge in [0.15, 0.2) is 0 Å². The number of pyridine rings is 1. The van der Waals surface area contributed by atoms with Gasteiger partial charge in [0.25, 0.3) is 5.91 Å². The number of thiazole rings is 1. The number of amides is 1. The molecule has 1 amide bonds. The van der Waals surface area contributed by atoms with Crippen molar-refractivity contribution >= 4 is 17.2 Å². The lowest BCUT2D eigenvalue weighted by Crippen LogP contribution is -2.32. The predicted molar refractivity (Wildman–Crippen MR) is 79.8 cm³/mol. The van der Waals surface area contributed by atoms with Crippen molar-refractivity contribution in [3.05, 3.63) is 35.0 Å². The molecule has 4 nitrogen and oxygen atoms in total. The lowest BCUT2D eigenvalue weighted by molar-refractivity contribution is 0.0941. The second kappa shape index (κ2) is 5.71. The number of aromatic nitrogens is 2. The Morgan fingerprint density at radius 2 is 2.15 bits per heavy atom. The largest absolute Gasteiger partial charge is 0.349 e. The van der Waals surface area contributed by atoms with Crippen molar-refractivity contribution in [1.82, 2.24) is 15.3 Å². The average molecular weight is 287 g/mol. The Morgan fingerprint density at radius 1 is 1.35 bits per heavy atom. The molecule has 0 aliphatic heterocycles. The molecule has 0 atom stereocenters. The van der Waals surface area contributed by atoms with E-state index < -0.39 is 0 Å². The molecule has 2 aromatic rings. The maximum atomic E-state index is 12.3. The van der Waals surface area contributed by atoms with Gasteiger partial charge in [-0.05, 0) is 31.9 Å². The maximum absolute atomic E-state index is 12.3. The fourth-order valence-electron chi connectivity index (χ4n) is 2.53. The standard InChI is InChI=1S/C15H17N3OS/c1-10-13(14(19)18-11-6-2-3-7-11)20-15(17-10)12-8-4-5-9-16-12/h4-5,8-9,11H,2-3,6-7H2,1H3,(H,18,19). The number of carbonyl (C=O) groups is 1. The van der Waals surface area contributed by atoms with Gasteiger partial charge in [0.2, 0.25) is 0 Å². The fraction of sp³-hybridized carbons (Fsp3) is 0.400. The van der Waals surface area contributed by atoms with Gasteiger partial charge >= 0.3 is 0 Å². The molecule has 1 saturated carbocycles. The molecular weight excluding hydrogens is 270 g/mol. The summed E-state index contributed by atoms with van der Waals surface area (Å²) in [5.74, 6) is 0.00841. The van der Waals surface area contributed by atoms with Crippen LogP contribution in [0, 0.1) is 6.92 Å². The van der Waals surface area contributed by atoms with E-state index in [4.69, 9.17) is 0 Å². The molecule has 3 rings (SSSR count). The molecule has 1 aliphatic rings. The number of rotatable bonds is 3. The van der Waals surface area contributed by atoms with Gasteiger partial charge in [-0.25, -0.2) is 4.98 Å². The van der Waals surface area contributed by atoms with E-state index in [1.165, 1.54) is 24.2 Å². The van der Waals surface area contributed by atoms with Crippen molar-refractivity contribution in [1.29, 1.82) is 0 Å². The number of carbonyl (C=O) groups excluding carboxylic acids is 1. The zero-order valence-electron chi connectivity index (χ0n) is 11.4. The average Bonchev–Trinajstić information content (AvgIpc) is 3.09. The highest BCUT2D eigenvalue weighted by Gasteiger charge is 2.21. The molecule has 0 radical (unpaired) electrons. The minimum Gasteiger partial charge on any atom is -0.349 e. The van der Waals surface area contributed by atoms with Crippen molar-refractivity contribution in [2.45, 2.75) is 38.6 Å². The Balaban J connectivity index is 1.80. The third-order valence-electron chi connectivity index (χ3n) is 3.58. The highest BCUT2D eigenvalue weighted by Crippen LogP contribution is 2.27. The first-order chi connectivity index (χ1) is 9.74. The highest BCUT2D eigenvalue weighted by atomic mass is 32.1. The number of aryl methyl sites for hydroxylation is 1. The zero-order valence-corrected chi connectivity index (χ0v) is 12.2. The predicted octanol–water partition coefficient (Wildman–Crippen LogP) is 3.19. The van der Waals surface area contributed by atoms with E-state index in [2.05, 4.69) is 15.3 Å². The third kappa shape index (κ3) is 2.72. The Hall–Kier alpha value is -1.75. The summed E-state index contributed by atoms with van der Waals surface area (Å²) in [6, 6.07) is 6.05. The normalized spacial score (nSPS) is 15.4. The van der Waals surface area contributed by atoms with Gasteiger partial charge in [-0.1, -0.05) is 18.9 Å². The summed E-state index contributed by atoms with van der Waals surface area (Å²) >= 11 is 1.42. The first kappa shape index (κ1) is 13.2. The second-order valence-corrected chi connectivity index (χ2v) is 6.10. The molecule has 0 spiro atoms. The monoisotopic (exact) mass is 287 g/mol. The Labute approximate surface area is 122 Å². The SMILES string of the molecule is Cc1nc(-c2ccccn2)sc1C(=O)NC1CCCC1. The van der Waals surface area contributed by atoms with Gasteiger partial charge in [0.05, 0.1) is 11.4 Å². The van der Waals surface area contributed by atoms with Crippen LogP contribution < -0.4 is 5.32 Å². The van der Waals surface area contributed by atoms with Crippen LogP contribution in [0.1, 0.15) is 41.0 Å². The Kier molecular flexibility index (Phi) is 3.78. The van der Waals surface area contributed by atoms with Crippen LogP contribution in [-0.4, -0.2) is 21.9 Å². The maximum Gasteiger partial charge on any atom is 0.263 e. The van der Waals surface area contributed by atoms with Crippen molar-refractivity contribution < 1.29 is 4.79 Å². The molecule has 1 N–H and O–H groups in total. The summed E-state index contributed by atoms with van der Waals surface area (Å²) in [6.45, 7) is 1.88. The van der Waals surface area contributed by atoms with Crippen LogP contribution in [0.2, 0.25) is 0 Å². The molecule has 2 heterocycles. The van der Waals surface area contributed by atoms with Gasteiger partial charge in [0, 0.05) is 12.2 Å². The molecule has 1 fully saturated rings. The molecule has 5 heteroatoms. The zero-order chi connectivity index (χ0) is 13.9. The van der Waals surface area contributed by atoms with E-state index in [9.17, 15) is 4.79 Å². The summed E-state index contributed by atoms with van der Waals surface area (Å²) < 4.78 is 0. The van der Waals surface area contributed by atoms with E-state index in [-0.39, 0.29) is 5.91 Å². The van der Waals surface area contributed by atoms with Crippen LogP contribution in [0.3, 0.4) is 0 Å². The van der Waals surface area contributed by atoms with E-state index >= 15 is 0 Å². The van der Waals surface area contributed by atoms with Gasteiger partial charge in [-0.15, -0.1) is 11.3 Å². The molecular formula is C15H17N3OS. The molecule has 0 aromatic carbocycles. The Bertz CT molecular complexity index is 603. The van der Waals surface area contributed by atoms with E-state index in [1.807, 2.05) is 25.1 Å². The van der Waals surface area contributed by atoms with Crippen LogP contribution in [0.25, 0.3) is 10.7 Å². The van der Waals surface area contributed by atoms with E-state index in [0.717, 1.165) is 29.2 Å². The van der Waals surface area contributed by atoms with Crippen LogP contribution >= 0.6 is 11.3 Å². The summed E-state index contributed by atoms with van der Waals surface area (Å²) in [6.07, 6.45) is 6.36. The number of nitrogens with zero attached hydrogens (tertiary/aromatic N) is 2. The number of hydrogen-bond donors (Lipinski definition) is 1. The molecule has 0 unspecified atom stereocenters. The summed E-state index contributed by atoms with van der Waals surface area (Å²) in [7, 11) is 0. The van der Waals surface area contributed by atoms with Crippen LogP contribution in [0.4, 0.5) is 0 Å².